The van der Waals surface area contributed by atoms with E-state index in [1.54, 1.807) is 11.1 Å². The topological polar surface area (TPSA) is 92.4 Å². The largest absolute Gasteiger partial charge is 0.369 e. The molecule has 1 aromatic heterocycles. The van der Waals surface area contributed by atoms with Gasteiger partial charge in [0.15, 0.2) is 0 Å². The van der Waals surface area contributed by atoms with E-state index in [1.165, 1.54) is 6.42 Å². The van der Waals surface area contributed by atoms with E-state index in [2.05, 4.69) is 14.9 Å². The van der Waals surface area contributed by atoms with Crippen LogP contribution in [0.5, 0.6) is 0 Å². The van der Waals surface area contributed by atoms with Crippen molar-refractivity contribution in [3.8, 4) is 0 Å². The number of nitrogens with zero attached hydrogens (tertiary/aromatic N) is 4. The molecule has 0 bridgehead atoms. The summed E-state index contributed by atoms with van der Waals surface area (Å²) in [5, 5.41) is 0. The van der Waals surface area contributed by atoms with Crippen molar-refractivity contribution in [1.29, 1.82) is 0 Å². The first kappa shape index (κ1) is 19.4. The van der Waals surface area contributed by atoms with Crippen LogP contribution in [0, 0.1) is 12.3 Å². The second-order valence-electron chi connectivity index (χ2n) is 8.18. The smallest absolute Gasteiger partial charge is 0.257 e. The van der Waals surface area contributed by atoms with E-state index in [0.29, 0.717) is 36.7 Å². The number of aromatic nitrogens is 2. The maximum absolute atomic E-state index is 13.0. The second kappa shape index (κ2) is 7.81. The van der Waals surface area contributed by atoms with E-state index >= 15 is 0 Å². The van der Waals surface area contributed by atoms with Gasteiger partial charge in [-0.1, -0.05) is 30.3 Å². The van der Waals surface area contributed by atoms with E-state index in [-0.39, 0.29) is 11.8 Å². The number of hydrogen-bond donors (Lipinski definition) is 1. The average Bonchev–Trinajstić information content (AvgIpc) is 2.71. The zero-order valence-electron chi connectivity index (χ0n) is 16.8. The quantitative estimate of drug-likeness (QED) is 0.838. The molecule has 2 aliphatic heterocycles. The molecule has 152 valence electrons. The Morgan fingerprint density at radius 3 is 2.41 bits per heavy atom. The van der Waals surface area contributed by atoms with Crippen LogP contribution < -0.4 is 10.6 Å². The van der Waals surface area contributed by atoms with Gasteiger partial charge >= 0.3 is 0 Å². The maximum atomic E-state index is 13.0. The standard InChI is InChI=1S/C22H27N5O2/c1-16-18(13-24-21(25-16)26-10-6-3-7-11-26)19(28)27-14-22(15-27,20(23)29)12-17-8-4-2-5-9-17/h2,4-5,8-9,13H,3,6-7,10-12,14-15H2,1H3,(H2,23,29). The highest BCUT2D eigenvalue weighted by atomic mass is 16.2. The van der Waals surface area contributed by atoms with Gasteiger partial charge in [-0.05, 0) is 38.2 Å². The van der Waals surface area contributed by atoms with Crippen molar-refractivity contribution < 1.29 is 9.59 Å². The van der Waals surface area contributed by atoms with E-state index in [0.717, 1.165) is 31.5 Å². The fourth-order valence-corrected chi connectivity index (χ4v) is 4.25. The molecular formula is C22H27N5O2. The van der Waals surface area contributed by atoms with Crippen molar-refractivity contribution in [2.45, 2.75) is 32.6 Å². The molecule has 0 saturated carbocycles. The van der Waals surface area contributed by atoms with Crippen molar-refractivity contribution in [1.82, 2.24) is 14.9 Å². The van der Waals surface area contributed by atoms with Crippen LogP contribution in [0.4, 0.5) is 5.95 Å². The van der Waals surface area contributed by atoms with Gasteiger partial charge in [-0.25, -0.2) is 9.97 Å². The number of amides is 2. The summed E-state index contributed by atoms with van der Waals surface area (Å²) in [4.78, 5) is 38.0. The lowest BCUT2D eigenvalue weighted by Crippen LogP contribution is -2.65. The lowest BCUT2D eigenvalue weighted by molar-refractivity contribution is -0.135. The number of likely N-dealkylation sites (tertiary alicyclic amines) is 1. The molecule has 4 rings (SSSR count). The zero-order valence-corrected chi connectivity index (χ0v) is 16.8. The number of benzene rings is 1. The Labute approximate surface area is 170 Å². The summed E-state index contributed by atoms with van der Waals surface area (Å²) in [6, 6.07) is 9.78. The Bertz CT molecular complexity index is 903. The zero-order chi connectivity index (χ0) is 20.4. The van der Waals surface area contributed by atoms with Crippen LogP contribution in [0.15, 0.2) is 36.5 Å². The molecule has 7 heteroatoms. The Morgan fingerprint density at radius 2 is 1.79 bits per heavy atom. The first-order valence-electron chi connectivity index (χ1n) is 10.2. The van der Waals surface area contributed by atoms with Gasteiger partial charge in [-0.15, -0.1) is 0 Å². The summed E-state index contributed by atoms with van der Waals surface area (Å²) >= 11 is 0. The molecule has 0 spiro atoms. The number of anilines is 1. The molecule has 2 amide bonds. The van der Waals surface area contributed by atoms with Crippen molar-refractivity contribution in [2.24, 2.45) is 11.1 Å². The van der Waals surface area contributed by atoms with Gasteiger partial charge in [0, 0.05) is 32.4 Å². The molecule has 0 unspecified atom stereocenters. The summed E-state index contributed by atoms with van der Waals surface area (Å²) in [5.74, 6) is 0.189. The first-order chi connectivity index (χ1) is 14.0. The van der Waals surface area contributed by atoms with Crippen LogP contribution in [0.1, 0.15) is 40.9 Å². The molecule has 29 heavy (non-hydrogen) atoms. The number of hydrogen-bond acceptors (Lipinski definition) is 5. The highest BCUT2D eigenvalue weighted by Crippen LogP contribution is 2.35. The SMILES string of the molecule is Cc1nc(N2CCCCC2)ncc1C(=O)N1CC(Cc2ccccc2)(C(N)=O)C1. The highest BCUT2D eigenvalue weighted by Gasteiger charge is 2.50. The number of nitrogens with two attached hydrogens (primary N) is 1. The second-order valence-corrected chi connectivity index (χ2v) is 8.18. The first-order valence-corrected chi connectivity index (χ1v) is 10.2. The van der Waals surface area contributed by atoms with Gasteiger partial charge in [-0.3, -0.25) is 9.59 Å². The summed E-state index contributed by atoms with van der Waals surface area (Å²) in [6.07, 6.45) is 5.69. The van der Waals surface area contributed by atoms with Gasteiger partial charge in [0.2, 0.25) is 11.9 Å². The van der Waals surface area contributed by atoms with Crippen LogP contribution in [-0.4, -0.2) is 52.9 Å². The minimum absolute atomic E-state index is 0.141. The summed E-state index contributed by atoms with van der Waals surface area (Å²) in [5.41, 5.74) is 7.20. The molecule has 2 N–H and O–H groups in total. The van der Waals surface area contributed by atoms with Crippen LogP contribution in [0.3, 0.4) is 0 Å². The Morgan fingerprint density at radius 1 is 1.10 bits per heavy atom. The minimum Gasteiger partial charge on any atom is -0.369 e. The van der Waals surface area contributed by atoms with Crippen LogP contribution in [0.2, 0.25) is 0 Å². The Hall–Kier alpha value is -2.96. The molecule has 2 saturated heterocycles. The van der Waals surface area contributed by atoms with Gasteiger partial charge < -0.3 is 15.5 Å². The Balaban J connectivity index is 1.46. The van der Waals surface area contributed by atoms with Crippen molar-refractivity contribution in [2.75, 3.05) is 31.1 Å². The molecule has 2 fully saturated rings. The predicted molar refractivity (Wildman–Crippen MR) is 111 cm³/mol. The lowest BCUT2D eigenvalue weighted by Gasteiger charge is -2.48. The number of carbonyl (C=O) groups is 2. The minimum atomic E-state index is -0.709. The van der Waals surface area contributed by atoms with Gasteiger partial charge in [-0.2, -0.15) is 0 Å². The van der Waals surface area contributed by atoms with Crippen LogP contribution >= 0.6 is 0 Å². The third kappa shape index (κ3) is 3.81. The number of rotatable bonds is 5. The van der Waals surface area contributed by atoms with Crippen molar-refractivity contribution >= 4 is 17.8 Å². The van der Waals surface area contributed by atoms with E-state index in [1.807, 2.05) is 37.3 Å². The van der Waals surface area contributed by atoms with Gasteiger partial charge in [0.05, 0.1) is 16.7 Å². The third-order valence-corrected chi connectivity index (χ3v) is 6.02. The molecule has 7 nitrogen and oxygen atoms in total. The average molecular weight is 393 g/mol. The molecule has 3 heterocycles. The summed E-state index contributed by atoms with van der Waals surface area (Å²) in [6.45, 7) is 4.40. The van der Waals surface area contributed by atoms with Crippen LogP contribution in [0.25, 0.3) is 0 Å². The summed E-state index contributed by atoms with van der Waals surface area (Å²) < 4.78 is 0. The van der Waals surface area contributed by atoms with E-state index in [4.69, 9.17) is 5.73 Å². The van der Waals surface area contributed by atoms with Gasteiger partial charge in [0.25, 0.3) is 5.91 Å². The fraction of sp³-hybridized carbons (Fsp3) is 0.455. The summed E-state index contributed by atoms with van der Waals surface area (Å²) in [7, 11) is 0. The molecule has 1 aromatic carbocycles. The third-order valence-electron chi connectivity index (χ3n) is 6.02. The van der Waals surface area contributed by atoms with Crippen molar-refractivity contribution in [3.05, 3.63) is 53.3 Å². The highest BCUT2D eigenvalue weighted by molar-refractivity contribution is 5.97. The fourth-order valence-electron chi connectivity index (χ4n) is 4.25. The monoisotopic (exact) mass is 393 g/mol. The normalized spacial score (nSPS) is 18.2. The van der Waals surface area contributed by atoms with Crippen LogP contribution in [-0.2, 0) is 11.2 Å². The maximum Gasteiger partial charge on any atom is 0.257 e. The lowest BCUT2D eigenvalue weighted by atomic mass is 9.74. The van der Waals surface area contributed by atoms with E-state index < -0.39 is 5.41 Å². The number of aryl methyl sites for hydroxylation is 1. The number of primary amides is 1. The predicted octanol–water partition coefficient (Wildman–Crippen LogP) is 1.95. The molecule has 2 aromatic rings. The number of carbonyl (C=O) groups excluding carboxylic acids is 2. The molecule has 0 radical (unpaired) electrons. The molecular weight excluding hydrogens is 366 g/mol. The number of piperidine rings is 1. The van der Waals surface area contributed by atoms with Crippen molar-refractivity contribution in [3.63, 3.8) is 0 Å². The van der Waals surface area contributed by atoms with Gasteiger partial charge in [0.1, 0.15) is 0 Å². The molecule has 2 aliphatic rings. The molecule has 0 aliphatic carbocycles. The molecule has 0 atom stereocenters. The Kier molecular flexibility index (Phi) is 5.22. The van der Waals surface area contributed by atoms with E-state index in [9.17, 15) is 9.59 Å².